The third-order valence-corrected chi connectivity index (χ3v) is 8.42. The monoisotopic (exact) mass is 735 g/mol. The molecule has 0 radical (unpaired) electrons. The summed E-state index contributed by atoms with van der Waals surface area (Å²) in [5.74, 6) is 0.541. The molecule has 0 saturated heterocycles. The lowest BCUT2D eigenvalue weighted by Crippen LogP contribution is -2.38. The van der Waals surface area contributed by atoms with E-state index in [9.17, 15) is 9.59 Å². The molecule has 276 valence electrons. The highest BCUT2D eigenvalue weighted by Gasteiger charge is 2.22. The van der Waals surface area contributed by atoms with Crippen LogP contribution in [0.2, 0.25) is 0 Å². The number of urea groups is 1. The van der Waals surface area contributed by atoms with Crippen LogP contribution in [0.1, 0.15) is 32.1 Å². The molecule has 13 nitrogen and oxygen atoms in total. The van der Waals surface area contributed by atoms with Crippen LogP contribution in [-0.2, 0) is 25.5 Å². The average Bonchev–Trinajstić information content (AvgIpc) is 3.72. The molecule has 0 spiro atoms. The number of pyridine rings is 1. The van der Waals surface area contributed by atoms with E-state index in [1.165, 1.54) is 29.5 Å². The first kappa shape index (κ1) is 38.1. The molecule has 0 fully saturated rings. The molecular formula is C37H42FN5O8S. The number of nitrogens with one attached hydrogen (secondary N) is 2. The minimum Gasteiger partial charge on any atom is -0.453 e. The Morgan fingerprint density at radius 2 is 1.67 bits per heavy atom. The summed E-state index contributed by atoms with van der Waals surface area (Å²) in [6, 6.07) is 16.6. The van der Waals surface area contributed by atoms with E-state index < -0.39 is 23.5 Å². The fraction of sp³-hybridized carbons (Fsp3) is 0.351. The summed E-state index contributed by atoms with van der Waals surface area (Å²) in [6.45, 7) is 10.1. The summed E-state index contributed by atoms with van der Waals surface area (Å²) >= 11 is 1.46. The van der Waals surface area contributed by atoms with Crippen LogP contribution in [0.25, 0.3) is 20.7 Å². The number of aryl methyl sites for hydroxylation is 1. The lowest BCUT2D eigenvalue weighted by molar-refractivity contribution is 0.00425. The van der Waals surface area contributed by atoms with Crippen LogP contribution in [-0.4, -0.2) is 79.5 Å². The minimum atomic E-state index is -0.661. The minimum absolute atomic E-state index is 0.0137. The smallest absolute Gasteiger partial charge is 0.410 e. The number of anilines is 2. The highest BCUT2D eigenvalue weighted by Crippen LogP contribution is 2.40. The number of nitrogens with zero attached hydrogens (tertiary/aromatic N) is 3. The molecule has 0 bridgehead atoms. The zero-order valence-electron chi connectivity index (χ0n) is 29.7. The van der Waals surface area contributed by atoms with Gasteiger partial charge in [-0.25, -0.2) is 14.0 Å². The van der Waals surface area contributed by atoms with E-state index in [4.69, 9.17) is 28.2 Å². The predicted octanol–water partition coefficient (Wildman–Crippen LogP) is 8.25. The Balaban J connectivity index is 1.22. The zero-order chi connectivity index (χ0) is 37.1. The maximum atomic E-state index is 15.1. The lowest BCUT2D eigenvalue weighted by Gasteiger charge is -2.27. The highest BCUT2D eigenvalue weighted by atomic mass is 32.1. The van der Waals surface area contributed by atoms with Crippen molar-refractivity contribution in [1.29, 1.82) is 0 Å². The van der Waals surface area contributed by atoms with E-state index in [2.05, 4.69) is 20.8 Å². The van der Waals surface area contributed by atoms with Gasteiger partial charge in [0.05, 0.1) is 43.3 Å². The second-order valence-electron chi connectivity index (χ2n) is 12.6. The third kappa shape index (κ3) is 11.2. The Morgan fingerprint density at radius 1 is 0.923 bits per heavy atom. The van der Waals surface area contributed by atoms with E-state index in [1.54, 1.807) is 37.3 Å². The molecule has 0 unspecified atom stereocenters. The quantitative estimate of drug-likeness (QED) is 0.0950. The molecule has 0 atom stereocenters. The van der Waals surface area contributed by atoms with E-state index in [1.807, 2.05) is 51.1 Å². The Bertz CT molecular complexity index is 1940. The number of thiophene rings is 1. The molecule has 15 heteroatoms. The van der Waals surface area contributed by atoms with Gasteiger partial charge in [-0.3, -0.25) is 10.3 Å². The van der Waals surface area contributed by atoms with Gasteiger partial charge in [0.25, 0.3) is 0 Å². The summed E-state index contributed by atoms with van der Waals surface area (Å²) in [5, 5.41) is 8.77. The summed E-state index contributed by atoms with van der Waals surface area (Å²) in [7, 11) is 1.62. The van der Waals surface area contributed by atoms with Gasteiger partial charge in [0.1, 0.15) is 17.1 Å². The molecular weight excluding hydrogens is 693 g/mol. The topological polar surface area (TPSA) is 147 Å². The normalized spacial score (nSPS) is 11.4. The Hall–Kier alpha value is -5.09. The number of ether oxygens (including phenoxy) is 5. The van der Waals surface area contributed by atoms with Gasteiger partial charge in [-0.15, -0.1) is 11.3 Å². The van der Waals surface area contributed by atoms with Gasteiger partial charge >= 0.3 is 12.1 Å². The van der Waals surface area contributed by atoms with Gasteiger partial charge in [0.2, 0.25) is 0 Å². The van der Waals surface area contributed by atoms with Gasteiger partial charge < -0.3 is 38.4 Å². The number of rotatable bonds is 16. The fourth-order valence-corrected chi connectivity index (χ4v) is 5.89. The van der Waals surface area contributed by atoms with Gasteiger partial charge in [-0.2, -0.15) is 0 Å². The number of benzene rings is 2. The molecule has 3 heterocycles. The third-order valence-electron chi connectivity index (χ3n) is 7.23. The molecule has 0 aliphatic carbocycles. The van der Waals surface area contributed by atoms with Crippen LogP contribution < -0.4 is 15.4 Å². The molecule has 5 aromatic rings. The van der Waals surface area contributed by atoms with Gasteiger partial charge in [-0.1, -0.05) is 29.4 Å². The first-order valence-corrected chi connectivity index (χ1v) is 17.4. The van der Waals surface area contributed by atoms with Crippen molar-refractivity contribution in [2.45, 2.75) is 39.8 Å². The average molecular weight is 736 g/mol. The second-order valence-corrected chi connectivity index (χ2v) is 13.7. The fourth-order valence-electron chi connectivity index (χ4n) is 4.82. The largest absolute Gasteiger partial charge is 0.453 e. The van der Waals surface area contributed by atoms with Crippen molar-refractivity contribution < 1.29 is 42.2 Å². The van der Waals surface area contributed by atoms with Crippen LogP contribution in [0, 0.1) is 12.7 Å². The molecule has 0 saturated carbocycles. The molecule has 3 aromatic heterocycles. The first-order chi connectivity index (χ1) is 25.0. The lowest BCUT2D eigenvalue weighted by atomic mass is 10.1. The van der Waals surface area contributed by atoms with Gasteiger partial charge in [0.15, 0.2) is 17.4 Å². The summed E-state index contributed by atoms with van der Waals surface area (Å²) in [5.41, 5.74) is 2.14. The molecule has 0 aliphatic heterocycles. The van der Waals surface area contributed by atoms with Crippen LogP contribution in [0.15, 0.2) is 71.4 Å². The van der Waals surface area contributed by atoms with Crippen molar-refractivity contribution in [3.63, 3.8) is 0 Å². The predicted molar refractivity (Wildman–Crippen MR) is 196 cm³/mol. The number of amides is 3. The number of hydrogen-bond donors (Lipinski definition) is 2. The molecule has 52 heavy (non-hydrogen) atoms. The molecule has 2 aromatic carbocycles. The van der Waals surface area contributed by atoms with E-state index in [-0.39, 0.29) is 17.3 Å². The van der Waals surface area contributed by atoms with Crippen LogP contribution >= 0.6 is 11.3 Å². The number of methoxy groups -OCH3 is 1. The summed E-state index contributed by atoms with van der Waals surface area (Å²) in [4.78, 5) is 32.4. The van der Waals surface area contributed by atoms with Gasteiger partial charge in [0, 0.05) is 55.2 Å². The SMILES string of the molecule is COCCOCCOCCN(Cc1ccc(-c2cc3nccc(Oc4ccc(NC(=O)Nc5cc(C)on5)cc4F)c3s2)cc1)C(=O)OC(C)(C)C. The van der Waals surface area contributed by atoms with Crippen LogP contribution in [0.5, 0.6) is 11.5 Å². The standard InChI is InChI=1S/C37H42FN5O8S/c1-24-20-33(42-51-24)41-35(44)40-27-10-11-30(28(38)21-27)49-31-12-13-39-29-22-32(52-34(29)31)26-8-6-25(7-9-26)23-43(36(45)50-37(2,3)4)14-15-47-18-19-48-17-16-46-5/h6-13,20-22H,14-19,23H2,1-5H3,(H2,40,41,42,44). The maximum absolute atomic E-state index is 15.1. The molecule has 2 N–H and O–H groups in total. The number of halogens is 1. The van der Waals surface area contributed by atoms with Crippen LogP contribution in [0.3, 0.4) is 0 Å². The first-order valence-electron chi connectivity index (χ1n) is 16.6. The number of carbonyl (C=O) groups excluding carboxylic acids is 2. The Labute approximate surface area is 304 Å². The highest BCUT2D eigenvalue weighted by molar-refractivity contribution is 7.22. The van der Waals surface area contributed by atoms with Crippen molar-refractivity contribution in [1.82, 2.24) is 15.0 Å². The molecule has 0 aliphatic rings. The molecule has 5 rings (SSSR count). The Morgan fingerprint density at radius 3 is 2.37 bits per heavy atom. The number of hydrogen-bond acceptors (Lipinski definition) is 11. The molecule has 3 amide bonds. The van der Waals surface area contributed by atoms with Crippen molar-refractivity contribution in [2.24, 2.45) is 0 Å². The Kier molecular flexibility index (Phi) is 13.1. The second kappa shape index (κ2) is 17.9. The van der Waals surface area contributed by atoms with Crippen molar-refractivity contribution in [3.8, 4) is 21.9 Å². The maximum Gasteiger partial charge on any atom is 0.410 e. The number of aromatic nitrogens is 2. The van der Waals surface area contributed by atoms with Crippen molar-refractivity contribution >= 4 is 45.2 Å². The van der Waals surface area contributed by atoms with Crippen molar-refractivity contribution in [3.05, 3.63) is 84.0 Å². The van der Waals surface area contributed by atoms with E-state index in [0.29, 0.717) is 63.2 Å². The zero-order valence-corrected chi connectivity index (χ0v) is 30.5. The van der Waals surface area contributed by atoms with E-state index in [0.717, 1.165) is 20.7 Å². The number of carbonyl (C=O) groups is 2. The van der Waals surface area contributed by atoms with E-state index >= 15 is 4.39 Å². The van der Waals surface area contributed by atoms with Gasteiger partial charge in [-0.05, 0) is 57.0 Å². The summed E-state index contributed by atoms with van der Waals surface area (Å²) < 4.78 is 48.5. The van der Waals surface area contributed by atoms with Crippen molar-refractivity contribution in [2.75, 3.05) is 57.3 Å². The number of fused-ring (bicyclic) bond motifs is 1. The van der Waals surface area contributed by atoms with Crippen LogP contribution in [0.4, 0.5) is 25.5 Å². The summed E-state index contributed by atoms with van der Waals surface area (Å²) in [6.07, 6.45) is 1.18.